The largest absolute Gasteiger partial charge is 0.375 e. The number of carbonyl (C=O) groups is 1. The molecule has 1 atom stereocenters. The molecule has 3 fully saturated rings. The maximum absolute atomic E-state index is 12.9. The Balaban J connectivity index is 1.16. The van der Waals surface area contributed by atoms with Crippen molar-refractivity contribution in [3.8, 4) is 11.4 Å². The molecule has 2 aliphatic heterocycles. The number of ether oxygens (including phenoxy) is 1. The second-order valence-electron chi connectivity index (χ2n) is 9.50. The lowest BCUT2D eigenvalue weighted by molar-refractivity contribution is -0.151. The smallest absolute Gasteiger partial charge is 0.227 e. The van der Waals surface area contributed by atoms with Crippen molar-refractivity contribution in [2.45, 2.75) is 69.8 Å². The van der Waals surface area contributed by atoms with Crippen molar-refractivity contribution in [2.75, 3.05) is 19.7 Å². The fourth-order valence-electron chi connectivity index (χ4n) is 5.60. The average Bonchev–Trinajstić information content (AvgIpc) is 3.29. The number of hydrogen-bond acceptors (Lipinski definition) is 6. The third kappa shape index (κ3) is 4.66. The monoisotopic (exact) mass is 424 g/mol. The minimum atomic E-state index is -0.0970. The molecule has 7 nitrogen and oxygen atoms in total. The standard InChI is InChI=1S/C24H32N4O3/c29-23(20-4-2-1-3-5-20)28-13-9-24(10-14-28)17-18(8-15-30-24)16-21-26-22(27-31-21)19-6-11-25-12-7-19/h6-7,11-12,18,20H,1-5,8-10,13-17H2. The normalized spacial score (nSPS) is 24.4. The molecule has 1 unspecified atom stereocenters. The van der Waals surface area contributed by atoms with E-state index < -0.39 is 0 Å². The van der Waals surface area contributed by atoms with E-state index in [1.54, 1.807) is 12.4 Å². The van der Waals surface area contributed by atoms with E-state index >= 15 is 0 Å². The van der Waals surface area contributed by atoms with E-state index in [4.69, 9.17) is 9.26 Å². The molecule has 31 heavy (non-hydrogen) atoms. The SMILES string of the molecule is O=C(C1CCCCC1)N1CCC2(CC1)CC(Cc1nc(-c3ccncc3)no1)CCO2. The molecule has 2 saturated heterocycles. The lowest BCUT2D eigenvalue weighted by Gasteiger charge is -2.46. The number of pyridine rings is 1. The van der Waals surface area contributed by atoms with Crippen LogP contribution in [0.2, 0.25) is 0 Å². The zero-order chi connectivity index (χ0) is 21.1. The second-order valence-corrected chi connectivity index (χ2v) is 9.50. The molecule has 0 N–H and O–H groups in total. The molecule has 5 rings (SSSR count). The van der Waals surface area contributed by atoms with Gasteiger partial charge in [-0.1, -0.05) is 24.4 Å². The maximum Gasteiger partial charge on any atom is 0.227 e. The highest BCUT2D eigenvalue weighted by Crippen LogP contribution is 2.39. The molecule has 0 bridgehead atoms. The Labute approximate surface area is 183 Å². The molecular weight excluding hydrogens is 392 g/mol. The minimum Gasteiger partial charge on any atom is -0.375 e. The molecule has 0 aromatic carbocycles. The van der Waals surface area contributed by atoms with Gasteiger partial charge in [0.25, 0.3) is 0 Å². The van der Waals surface area contributed by atoms with Gasteiger partial charge >= 0.3 is 0 Å². The predicted octanol–water partition coefficient (Wildman–Crippen LogP) is 4.04. The Hall–Kier alpha value is -2.28. The first-order valence-corrected chi connectivity index (χ1v) is 11.9. The topological polar surface area (TPSA) is 81.4 Å². The highest BCUT2D eigenvalue weighted by Gasteiger charge is 2.42. The zero-order valence-electron chi connectivity index (χ0n) is 18.2. The molecule has 0 radical (unpaired) electrons. The fraction of sp³-hybridized carbons (Fsp3) is 0.667. The average molecular weight is 425 g/mol. The third-order valence-corrected chi connectivity index (χ3v) is 7.41. The number of hydrogen-bond donors (Lipinski definition) is 0. The van der Waals surface area contributed by atoms with E-state index in [1.165, 1.54) is 19.3 Å². The van der Waals surface area contributed by atoms with Crippen LogP contribution in [-0.2, 0) is 16.0 Å². The van der Waals surface area contributed by atoms with Crippen LogP contribution in [0.3, 0.4) is 0 Å². The van der Waals surface area contributed by atoms with Crippen LogP contribution in [0, 0.1) is 11.8 Å². The molecule has 1 amide bonds. The summed E-state index contributed by atoms with van der Waals surface area (Å²) in [6, 6.07) is 3.78. The number of aromatic nitrogens is 3. The zero-order valence-corrected chi connectivity index (χ0v) is 18.2. The summed E-state index contributed by atoms with van der Waals surface area (Å²) in [6.45, 7) is 2.43. The van der Waals surface area contributed by atoms with Crippen molar-refractivity contribution in [2.24, 2.45) is 11.8 Å². The third-order valence-electron chi connectivity index (χ3n) is 7.41. The number of amides is 1. The van der Waals surface area contributed by atoms with E-state index in [0.717, 1.165) is 70.2 Å². The predicted molar refractivity (Wildman–Crippen MR) is 115 cm³/mol. The van der Waals surface area contributed by atoms with Crippen LogP contribution in [0.5, 0.6) is 0 Å². The summed E-state index contributed by atoms with van der Waals surface area (Å²) in [5.41, 5.74) is 0.823. The van der Waals surface area contributed by atoms with Crippen LogP contribution < -0.4 is 0 Å². The first-order chi connectivity index (χ1) is 15.2. The molecule has 1 spiro atoms. The Bertz CT molecular complexity index is 870. The second kappa shape index (κ2) is 9.07. The summed E-state index contributed by atoms with van der Waals surface area (Å²) < 4.78 is 11.8. The van der Waals surface area contributed by atoms with E-state index in [9.17, 15) is 4.79 Å². The summed E-state index contributed by atoms with van der Waals surface area (Å²) in [5, 5.41) is 4.14. The molecule has 2 aromatic rings. The van der Waals surface area contributed by atoms with Crippen molar-refractivity contribution >= 4 is 5.91 Å². The Morgan fingerprint density at radius 3 is 2.65 bits per heavy atom. The lowest BCUT2D eigenvalue weighted by atomic mass is 9.78. The van der Waals surface area contributed by atoms with E-state index in [1.807, 2.05) is 12.1 Å². The lowest BCUT2D eigenvalue weighted by Crippen LogP contribution is -2.52. The summed E-state index contributed by atoms with van der Waals surface area (Å²) in [4.78, 5) is 23.6. The van der Waals surface area contributed by atoms with Gasteiger partial charge in [-0.3, -0.25) is 9.78 Å². The van der Waals surface area contributed by atoms with Crippen LogP contribution in [-0.4, -0.2) is 51.2 Å². The molecule has 4 heterocycles. The van der Waals surface area contributed by atoms with Gasteiger partial charge in [0.05, 0.1) is 5.60 Å². The Morgan fingerprint density at radius 1 is 1.10 bits per heavy atom. The Morgan fingerprint density at radius 2 is 1.87 bits per heavy atom. The van der Waals surface area contributed by atoms with Gasteiger partial charge in [0, 0.05) is 50.0 Å². The number of likely N-dealkylation sites (tertiary alicyclic amines) is 1. The van der Waals surface area contributed by atoms with Gasteiger partial charge in [0.15, 0.2) is 0 Å². The molecular formula is C24H32N4O3. The van der Waals surface area contributed by atoms with Crippen LogP contribution in [0.4, 0.5) is 0 Å². The molecule has 1 saturated carbocycles. The van der Waals surface area contributed by atoms with Crippen molar-refractivity contribution in [1.82, 2.24) is 20.0 Å². The van der Waals surface area contributed by atoms with E-state index in [2.05, 4.69) is 20.0 Å². The first-order valence-electron chi connectivity index (χ1n) is 11.9. The van der Waals surface area contributed by atoms with Crippen molar-refractivity contribution in [1.29, 1.82) is 0 Å². The van der Waals surface area contributed by atoms with Crippen LogP contribution >= 0.6 is 0 Å². The number of nitrogens with zero attached hydrogens (tertiary/aromatic N) is 4. The minimum absolute atomic E-state index is 0.0970. The molecule has 3 aliphatic rings. The number of rotatable bonds is 4. The van der Waals surface area contributed by atoms with E-state index in [0.29, 0.717) is 23.5 Å². The van der Waals surface area contributed by atoms with Crippen LogP contribution in [0.1, 0.15) is 63.7 Å². The van der Waals surface area contributed by atoms with Crippen LogP contribution in [0.15, 0.2) is 29.0 Å². The highest BCUT2D eigenvalue weighted by molar-refractivity contribution is 5.79. The molecule has 166 valence electrons. The summed E-state index contributed by atoms with van der Waals surface area (Å²) in [5.74, 6) is 2.43. The van der Waals surface area contributed by atoms with E-state index in [-0.39, 0.29) is 11.5 Å². The summed E-state index contributed by atoms with van der Waals surface area (Å²) in [6.07, 6.45) is 14.0. The van der Waals surface area contributed by atoms with Gasteiger partial charge in [-0.25, -0.2) is 0 Å². The molecule has 7 heteroatoms. The molecule has 1 aliphatic carbocycles. The number of piperidine rings is 1. The maximum atomic E-state index is 12.9. The molecule has 2 aromatic heterocycles. The van der Waals surface area contributed by atoms with Crippen LogP contribution in [0.25, 0.3) is 11.4 Å². The van der Waals surface area contributed by atoms with Gasteiger partial charge < -0.3 is 14.2 Å². The first kappa shape index (κ1) is 20.6. The van der Waals surface area contributed by atoms with Gasteiger partial charge in [0.1, 0.15) is 0 Å². The Kier molecular flexibility index (Phi) is 6.03. The fourth-order valence-corrected chi connectivity index (χ4v) is 5.60. The van der Waals surface area contributed by atoms with Gasteiger partial charge in [-0.2, -0.15) is 4.98 Å². The van der Waals surface area contributed by atoms with Gasteiger partial charge in [-0.05, 0) is 56.6 Å². The summed E-state index contributed by atoms with van der Waals surface area (Å²) >= 11 is 0. The van der Waals surface area contributed by atoms with Crippen molar-refractivity contribution in [3.63, 3.8) is 0 Å². The van der Waals surface area contributed by atoms with Gasteiger partial charge in [-0.15, -0.1) is 0 Å². The highest BCUT2D eigenvalue weighted by atomic mass is 16.5. The van der Waals surface area contributed by atoms with Crippen molar-refractivity contribution in [3.05, 3.63) is 30.4 Å². The summed E-state index contributed by atoms with van der Waals surface area (Å²) in [7, 11) is 0. The number of carbonyl (C=O) groups excluding carboxylic acids is 1. The quantitative estimate of drug-likeness (QED) is 0.737. The van der Waals surface area contributed by atoms with Gasteiger partial charge in [0.2, 0.25) is 17.6 Å². The van der Waals surface area contributed by atoms with Crippen molar-refractivity contribution < 1.29 is 14.1 Å².